The van der Waals surface area contributed by atoms with Gasteiger partial charge in [-0.2, -0.15) is 10.1 Å². The Hall–Kier alpha value is -2.38. The van der Waals surface area contributed by atoms with Gasteiger partial charge in [0.05, 0.1) is 0 Å². The first-order valence-corrected chi connectivity index (χ1v) is 4.95. The van der Waals surface area contributed by atoms with Crippen LogP contribution in [0.3, 0.4) is 0 Å². The third kappa shape index (κ3) is 6.26. The maximum Gasteiger partial charge on any atom is 0.432 e. The zero-order chi connectivity index (χ0) is 14.3. The van der Waals surface area contributed by atoms with Crippen LogP contribution in [0.2, 0.25) is 0 Å². The molecule has 0 aliphatic heterocycles. The molecule has 8 nitrogen and oxygen atoms in total. The zero-order valence-corrected chi connectivity index (χ0v) is 10.4. The Labute approximate surface area is 104 Å². The standard InChI is InChI=1S/C9H13N3O2.CH3NO2/c1-9(2,3)7(11-8(13)14)12-6-4-5-10-12;2-1(3)4/h4-6H,1-3H3,(H,13,14);2H2,(H,3,4). The van der Waals surface area contributed by atoms with E-state index in [9.17, 15) is 4.79 Å². The highest BCUT2D eigenvalue weighted by Gasteiger charge is 2.22. The lowest BCUT2D eigenvalue weighted by Gasteiger charge is -2.20. The highest BCUT2D eigenvalue weighted by Crippen LogP contribution is 2.17. The third-order valence-corrected chi connectivity index (χ3v) is 1.59. The van der Waals surface area contributed by atoms with Crippen LogP contribution in [0.1, 0.15) is 20.8 Å². The summed E-state index contributed by atoms with van der Waals surface area (Å²) >= 11 is 0. The number of carboxylic acid groups (broad SMARTS) is 2. The quantitative estimate of drug-likeness (QED) is 0.478. The summed E-state index contributed by atoms with van der Waals surface area (Å²) in [4.78, 5) is 22.8. The molecule has 0 fully saturated rings. The fourth-order valence-corrected chi connectivity index (χ4v) is 1.05. The van der Waals surface area contributed by atoms with E-state index in [0.717, 1.165) is 0 Å². The lowest BCUT2D eigenvalue weighted by atomic mass is 9.95. The van der Waals surface area contributed by atoms with Gasteiger partial charge in [0.2, 0.25) is 0 Å². The first-order chi connectivity index (χ1) is 8.14. The predicted octanol–water partition coefficient (Wildman–Crippen LogP) is 1.48. The van der Waals surface area contributed by atoms with Gasteiger partial charge >= 0.3 is 12.2 Å². The molecule has 0 spiro atoms. The molecule has 0 bridgehead atoms. The van der Waals surface area contributed by atoms with Crippen LogP contribution in [0, 0.1) is 5.41 Å². The predicted molar refractivity (Wildman–Crippen MR) is 64.8 cm³/mol. The Kier molecular flexibility index (Phi) is 5.54. The van der Waals surface area contributed by atoms with Crippen LogP contribution in [0.5, 0.6) is 0 Å². The van der Waals surface area contributed by atoms with Crippen LogP contribution in [-0.4, -0.2) is 38.0 Å². The van der Waals surface area contributed by atoms with Crippen molar-refractivity contribution in [2.45, 2.75) is 20.8 Å². The number of nitrogens with two attached hydrogens (primary N) is 1. The Balaban J connectivity index is 0.000000631. The van der Waals surface area contributed by atoms with Crippen LogP contribution >= 0.6 is 0 Å². The van der Waals surface area contributed by atoms with Crippen molar-refractivity contribution < 1.29 is 19.8 Å². The van der Waals surface area contributed by atoms with E-state index in [1.807, 2.05) is 20.8 Å². The molecule has 0 saturated heterocycles. The molecule has 0 unspecified atom stereocenters. The van der Waals surface area contributed by atoms with E-state index in [0.29, 0.717) is 5.84 Å². The van der Waals surface area contributed by atoms with Gasteiger partial charge < -0.3 is 15.9 Å². The van der Waals surface area contributed by atoms with Gasteiger partial charge in [-0.05, 0) is 6.07 Å². The summed E-state index contributed by atoms with van der Waals surface area (Å²) in [6.45, 7) is 5.66. The number of hydrogen-bond donors (Lipinski definition) is 3. The number of hydrogen-bond acceptors (Lipinski definition) is 3. The number of carbonyl (C=O) groups is 2. The summed E-state index contributed by atoms with van der Waals surface area (Å²) in [5.41, 5.74) is 3.67. The minimum atomic E-state index is -1.33. The van der Waals surface area contributed by atoms with Crippen molar-refractivity contribution in [3.8, 4) is 0 Å². The molecule has 2 amide bonds. The van der Waals surface area contributed by atoms with Crippen molar-refractivity contribution >= 4 is 18.0 Å². The van der Waals surface area contributed by atoms with Crippen molar-refractivity contribution in [2.24, 2.45) is 16.1 Å². The summed E-state index contributed by atoms with van der Waals surface area (Å²) in [5.74, 6) is 0.412. The fraction of sp³-hybridized carbons (Fsp3) is 0.400. The second-order valence-corrected chi connectivity index (χ2v) is 4.26. The molecule has 0 aliphatic carbocycles. The third-order valence-electron chi connectivity index (χ3n) is 1.59. The highest BCUT2D eigenvalue weighted by atomic mass is 16.4. The summed E-state index contributed by atoms with van der Waals surface area (Å²) in [6.07, 6.45) is 0.723. The molecule has 1 heterocycles. The first kappa shape index (κ1) is 15.6. The molecule has 4 N–H and O–H groups in total. The fourth-order valence-electron chi connectivity index (χ4n) is 1.05. The van der Waals surface area contributed by atoms with Crippen molar-refractivity contribution in [2.75, 3.05) is 0 Å². The minimum Gasteiger partial charge on any atom is -0.465 e. The SMILES string of the molecule is CC(C)(C)C(=NC(=O)O)n1cccn1.NC(=O)O. The summed E-state index contributed by atoms with van der Waals surface area (Å²) < 4.78 is 1.47. The minimum absolute atomic E-state index is 0.357. The van der Waals surface area contributed by atoms with Gasteiger partial charge in [-0.25, -0.2) is 14.3 Å². The molecule has 0 atom stereocenters. The van der Waals surface area contributed by atoms with Crippen LogP contribution < -0.4 is 5.73 Å². The zero-order valence-electron chi connectivity index (χ0n) is 10.4. The number of nitrogens with zero attached hydrogens (tertiary/aromatic N) is 3. The van der Waals surface area contributed by atoms with Gasteiger partial charge in [0, 0.05) is 17.8 Å². The van der Waals surface area contributed by atoms with Crippen LogP contribution in [-0.2, 0) is 0 Å². The highest BCUT2D eigenvalue weighted by molar-refractivity contribution is 5.95. The number of amides is 2. The van der Waals surface area contributed by atoms with Gasteiger partial charge in [-0.1, -0.05) is 20.8 Å². The van der Waals surface area contributed by atoms with E-state index in [4.69, 9.17) is 15.0 Å². The lowest BCUT2D eigenvalue weighted by Crippen LogP contribution is -2.29. The smallest absolute Gasteiger partial charge is 0.432 e. The molecule has 18 heavy (non-hydrogen) atoms. The largest absolute Gasteiger partial charge is 0.465 e. The van der Waals surface area contributed by atoms with E-state index < -0.39 is 12.2 Å². The van der Waals surface area contributed by atoms with Crippen LogP contribution in [0.15, 0.2) is 23.5 Å². The van der Waals surface area contributed by atoms with Crippen molar-refractivity contribution in [3.05, 3.63) is 18.5 Å². The average Bonchev–Trinajstić information content (AvgIpc) is 2.63. The summed E-state index contributed by atoms with van der Waals surface area (Å²) in [5, 5.41) is 19.8. The Morgan fingerprint density at radius 2 is 1.83 bits per heavy atom. The topological polar surface area (TPSA) is 131 Å². The van der Waals surface area contributed by atoms with E-state index >= 15 is 0 Å². The van der Waals surface area contributed by atoms with Gasteiger partial charge in [0.25, 0.3) is 0 Å². The maximum absolute atomic E-state index is 10.5. The van der Waals surface area contributed by atoms with E-state index in [-0.39, 0.29) is 5.41 Å². The number of aromatic nitrogens is 2. The molecule has 0 saturated carbocycles. The lowest BCUT2D eigenvalue weighted by molar-refractivity contribution is 0.204. The van der Waals surface area contributed by atoms with Gasteiger partial charge in [0.15, 0.2) is 0 Å². The molecule has 0 radical (unpaired) electrons. The molecule has 8 heteroatoms. The average molecular weight is 256 g/mol. The van der Waals surface area contributed by atoms with Gasteiger partial charge in [-0.3, -0.25) is 0 Å². The van der Waals surface area contributed by atoms with E-state index in [2.05, 4.69) is 15.8 Å². The second kappa shape index (κ2) is 6.38. The maximum atomic E-state index is 10.5. The number of primary amides is 1. The molecule has 100 valence electrons. The Bertz CT molecular complexity index is 427. The summed E-state index contributed by atoms with van der Waals surface area (Å²) in [7, 11) is 0. The molecule has 1 aromatic rings. The van der Waals surface area contributed by atoms with E-state index in [1.54, 1.807) is 18.5 Å². The molecular weight excluding hydrogens is 240 g/mol. The molecule has 1 aromatic heterocycles. The van der Waals surface area contributed by atoms with Crippen molar-refractivity contribution in [1.29, 1.82) is 0 Å². The molecule has 1 rings (SSSR count). The Morgan fingerprint density at radius 1 is 1.33 bits per heavy atom. The first-order valence-electron chi connectivity index (χ1n) is 4.95. The van der Waals surface area contributed by atoms with Crippen LogP contribution in [0.4, 0.5) is 9.59 Å². The van der Waals surface area contributed by atoms with Gasteiger partial charge in [-0.15, -0.1) is 0 Å². The molecule has 0 aliphatic rings. The van der Waals surface area contributed by atoms with Gasteiger partial charge in [0.1, 0.15) is 5.84 Å². The van der Waals surface area contributed by atoms with Crippen molar-refractivity contribution in [3.63, 3.8) is 0 Å². The molecular formula is C10H16N4O4. The number of rotatable bonds is 0. The normalized spacial score (nSPS) is 11.4. The molecule has 0 aromatic carbocycles. The van der Waals surface area contributed by atoms with Crippen LogP contribution in [0.25, 0.3) is 0 Å². The Morgan fingerprint density at radius 3 is 2.11 bits per heavy atom. The number of aliphatic imine (C=N–C) groups is 1. The van der Waals surface area contributed by atoms with Crippen molar-refractivity contribution in [1.82, 2.24) is 9.78 Å². The summed E-state index contributed by atoms with van der Waals surface area (Å²) in [6, 6.07) is 1.73. The van der Waals surface area contributed by atoms with E-state index in [1.165, 1.54) is 4.68 Å². The monoisotopic (exact) mass is 256 g/mol. The second-order valence-electron chi connectivity index (χ2n) is 4.26.